The Balaban J connectivity index is 2.99. The molecule has 0 fully saturated rings. The molecular formula is C16H29N3O2. The Morgan fingerprint density at radius 2 is 1.86 bits per heavy atom. The number of likely N-dealkylation sites (N-methyl/N-ethyl adjacent to an activating group) is 1. The number of amides is 1. The molecule has 0 aliphatic carbocycles. The van der Waals surface area contributed by atoms with E-state index >= 15 is 0 Å². The number of carbonyl (C=O) groups excluding carboxylic acids is 1. The van der Waals surface area contributed by atoms with Gasteiger partial charge in [-0.05, 0) is 40.8 Å². The van der Waals surface area contributed by atoms with E-state index in [1.165, 1.54) is 0 Å². The monoisotopic (exact) mass is 295 g/mol. The van der Waals surface area contributed by atoms with Gasteiger partial charge < -0.3 is 14.7 Å². The third-order valence-corrected chi connectivity index (χ3v) is 4.76. The molecule has 0 aromatic carbocycles. The molecule has 1 amide bonds. The van der Waals surface area contributed by atoms with Crippen LogP contribution in [-0.4, -0.2) is 41.1 Å². The normalized spacial score (nSPS) is 12.8. The molecule has 0 aliphatic heterocycles. The molecule has 120 valence electrons. The molecule has 1 rings (SSSR count). The maximum absolute atomic E-state index is 12.4. The Morgan fingerprint density at radius 3 is 2.24 bits per heavy atom. The van der Waals surface area contributed by atoms with Crippen molar-refractivity contribution in [3.63, 3.8) is 0 Å². The summed E-state index contributed by atoms with van der Waals surface area (Å²) in [5.41, 5.74) is -0.151. The van der Waals surface area contributed by atoms with E-state index in [4.69, 9.17) is 4.52 Å². The van der Waals surface area contributed by atoms with Crippen molar-refractivity contribution in [2.24, 2.45) is 0 Å². The van der Waals surface area contributed by atoms with Gasteiger partial charge in [-0.15, -0.1) is 0 Å². The minimum Gasteiger partial charge on any atom is -0.361 e. The number of nitrogens with one attached hydrogen (secondary N) is 1. The van der Waals surface area contributed by atoms with Gasteiger partial charge in [0.25, 0.3) is 5.91 Å². The average Bonchev–Trinajstić information content (AvgIpc) is 2.88. The summed E-state index contributed by atoms with van der Waals surface area (Å²) in [5, 5.41) is 6.98. The fourth-order valence-electron chi connectivity index (χ4n) is 3.38. The summed E-state index contributed by atoms with van der Waals surface area (Å²) < 4.78 is 5.11. The molecule has 5 heteroatoms. The Kier molecular flexibility index (Phi) is 5.56. The van der Waals surface area contributed by atoms with Crippen LogP contribution in [0.2, 0.25) is 0 Å². The van der Waals surface area contributed by atoms with E-state index in [0.717, 1.165) is 25.0 Å². The Morgan fingerprint density at radius 1 is 1.29 bits per heavy atom. The minimum atomic E-state index is -0.386. The first kappa shape index (κ1) is 17.7. The number of hydrogen-bond acceptors (Lipinski definition) is 4. The molecule has 0 saturated heterocycles. The molecule has 0 radical (unpaired) electrons. The molecule has 1 N–H and O–H groups in total. The van der Waals surface area contributed by atoms with E-state index in [0.29, 0.717) is 5.69 Å². The molecule has 0 spiro atoms. The van der Waals surface area contributed by atoms with Gasteiger partial charge in [-0.25, -0.2) is 0 Å². The molecule has 1 aromatic rings. The van der Waals surface area contributed by atoms with E-state index < -0.39 is 0 Å². The molecule has 0 saturated carbocycles. The SMILES string of the molecule is CCc1cc(C(=O)NC(C)(C)C(CC)(CC)N(C)C)no1. The lowest BCUT2D eigenvalue weighted by molar-refractivity contribution is 0.0369. The van der Waals surface area contributed by atoms with E-state index in [-0.39, 0.29) is 17.0 Å². The fraction of sp³-hybridized carbons (Fsp3) is 0.750. The summed E-state index contributed by atoms with van der Waals surface area (Å²) in [6, 6.07) is 1.71. The summed E-state index contributed by atoms with van der Waals surface area (Å²) in [5.74, 6) is 0.541. The van der Waals surface area contributed by atoms with Gasteiger partial charge >= 0.3 is 0 Å². The first-order chi connectivity index (χ1) is 9.74. The minimum absolute atomic E-state index is 0.111. The number of rotatable bonds is 7. The lowest BCUT2D eigenvalue weighted by Gasteiger charge is -2.51. The van der Waals surface area contributed by atoms with E-state index in [1.54, 1.807) is 6.07 Å². The lowest BCUT2D eigenvalue weighted by atomic mass is 9.74. The van der Waals surface area contributed by atoms with Gasteiger partial charge in [0, 0.05) is 18.0 Å². The highest BCUT2D eigenvalue weighted by molar-refractivity contribution is 5.92. The highest BCUT2D eigenvalue weighted by atomic mass is 16.5. The maximum Gasteiger partial charge on any atom is 0.273 e. The highest BCUT2D eigenvalue weighted by Gasteiger charge is 2.45. The van der Waals surface area contributed by atoms with Crippen molar-refractivity contribution in [3.8, 4) is 0 Å². The standard InChI is InChI=1S/C16H29N3O2/c1-8-12-11-13(18-21-12)14(20)17-15(4,5)16(9-2,10-3)19(6)7/h11H,8-10H2,1-7H3,(H,17,20). The number of aromatic nitrogens is 1. The first-order valence-electron chi connectivity index (χ1n) is 7.69. The third-order valence-electron chi connectivity index (χ3n) is 4.76. The van der Waals surface area contributed by atoms with Crippen molar-refractivity contribution in [2.45, 2.75) is 65.0 Å². The van der Waals surface area contributed by atoms with Crippen LogP contribution in [-0.2, 0) is 6.42 Å². The predicted molar refractivity (Wildman–Crippen MR) is 84.4 cm³/mol. The van der Waals surface area contributed by atoms with Crippen LogP contribution in [0.5, 0.6) is 0 Å². The maximum atomic E-state index is 12.4. The summed E-state index contributed by atoms with van der Waals surface area (Å²) in [4.78, 5) is 14.6. The second-order valence-corrected chi connectivity index (χ2v) is 6.24. The van der Waals surface area contributed by atoms with E-state index in [1.807, 2.05) is 6.92 Å². The highest BCUT2D eigenvalue weighted by Crippen LogP contribution is 2.33. The zero-order chi connectivity index (χ0) is 16.3. The molecule has 0 aliphatic rings. The van der Waals surface area contributed by atoms with Crippen LogP contribution in [0.1, 0.15) is 63.7 Å². The van der Waals surface area contributed by atoms with Crippen LogP contribution in [0.4, 0.5) is 0 Å². The number of aryl methyl sites for hydroxylation is 1. The van der Waals surface area contributed by atoms with Gasteiger partial charge in [-0.3, -0.25) is 4.79 Å². The first-order valence-corrected chi connectivity index (χ1v) is 7.69. The van der Waals surface area contributed by atoms with Crippen LogP contribution >= 0.6 is 0 Å². The fourth-order valence-corrected chi connectivity index (χ4v) is 3.38. The van der Waals surface area contributed by atoms with Crippen molar-refractivity contribution < 1.29 is 9.32 Å². The van der Waals surface area contributed by atoms with Gasteiger partial charge in [0.2, 0.25) is 0 Å². The lowest BCUT2D eigenvalue weighted by Crippen LogP contribution is -2.66. The van der Waals surface area contributed by atoms with Crippen molar-refractivity contribution in [1.82, 2.24) is 15.4 Å². The number of carbonyl (C=O) groups is 1. The summed E-state index contributed by atoms with van der Waals surface area (Å²) in [7, 11) is 4.12. The van der Waals surface area contributed by atoms with Crippen LogP contribution in [0.15, 0.2) is 10.6 Å². The second kappa shape index (κ2) is 6.60. The van der Waals surface area contributed by atoms with Crippen molar-refractivity contribution in [1.29, 1.82) is 0 Å². The molecule has 0 atom stereocenters. The van der Waals surface area contributed by atoms with Gasteiger partial charge in [0.05, 0.1) is 5.54 Å². The van der Waals surface area contributed by atoms with Crippen molar-refractivity contribution in [2.75, 3.05) is 14.1 Å². The van der Waals surface area contributed by atoms with Gasteiger partial charge in [0.15, 0.2) is 5.69 Å². The molecule has 5 nitrogen and oxygen atoms in total. The van der Waals surface area contributed by atoms with Crippen LogP contribution < -0.4 is 5.32 Å². The van der Waals surface area contributed by atoms with Gasteiger partial charge in [0.1, 0.15) is 5.76 Å². The van der Waals surface area contributed by atoms with Crippen molar-refractivity contribution >= 4 is 5.91 Å². The molecule has 0 unspecified atom stereocenters. The predicted octanol–water partition coefficient (Wildman–Crippen LogP) is 2.87. The zero-order valence-electron chi connectivity index (χ0n) is 14.4. The number of hydrogen-bond donors (Lipinski definition) is 1. The molecule has 0 bridgehead atoms. The Labute approximate surface area is 128 Å². The number of nitrogens with zero attached hydrogens (tertiary/aromatic N) is 2. The summed E-state index contributed by atoms with van der Waals surface area (Å²) in [6.07, 6.45) is 2.63. The molecule has 1 aromatic heterocycles. The molecule has 1 heterocycles. The third kappa shape index (κ3) is 3.28. The Hall–Kier alpha value is -1.36. The Bertz CT molecular complexity index is 474. The van der Waals surface area contributed by atoms with Gasteiger partial charge in [-0.1, -0.05) is 25.9 Å². The van der Waals surface area contributed by atoms with Gasteiger partial charge in [-0.2, -0.15) is 0 Å². The smallest absolute Gasteiger partial charge is 0.273 e. The van der Waals surface area contributed by atoms with E-state index in [9.17, 15) is 4.79 Å². The zero-order valence-corrected chi connectivity index (χ0v) is 14.4. The van der Waals surface area contributed by atoms with Crippen LogP contribution in [0.3, 0.4) is 0 Å². The summed E-state index contributed by atoms with van der Waals surface area (Å²) in [6.45, 7) is 10.4. The quantitative estimate of drug-likeness (QED) is 0.840. The molecular weight excluding hydrogens is 266 g/mol. The van der Waals surface area contributed by atoms with Crippen molar-refractivity contribution in [3.05, 3.63) is 17.5 Å². The summed E-state index contributed by atoms with van der Waals surface area (Å²) >= 11 is 0. The molecule has 21 heavy (non-hydrogen) atoms. The average molecular weight is 295 g/mol. The second-order valence-electron chi connectivity index (χ2n) is 6.24. The largest absolute Gasteiger partial charge is 0.361 e. The van der Waals surface area contributed by atoms with Crippen LogP contribution in [0, 0.1) is 0 Å². The van der Waals surface area contributed by atoms with Crippen LogP contribution in [0.25, 0.3) is 0 Å². The van der Waals surface area contributed by atoms with E-state index in [2.05, 4.69) is 57.2 Å². The topological polar surface area (TPSA) is 58.4 Å².